The Hall–Kier alpha value is -2.54. The van der Waals surface area contributed by atoms with Crippen LogP contribution in [0.15, 0.2) is 43.0 Å². The Balaban J connectivity index is 1.48. The minimum Gasteiger partial charge on any atom is -0.386 e. The van der Waals surface area contributed by atoms with Gasteiger partial charge >= 0.3 is 0 Å². The Morgan fingerprint density at radius 1 is 1.28 bits per heavy atom. The first-order valence-electron chi connectivity index (χ1n) is 8.55. The molecule has 3 heterocycles. The molecule has 0 radical (unpaired) electrons. The number of hydrogen-bond donors (Lipinski definition) is 2. The second-order valence-electron chi connectivity index (χ2n) is 6.44. The van der Waals surface area contributed by atoms with Crippen LogP contribution in [0.1, 0.15) is 24.8 Å². The van der Waals surface area contributed by atoms with Crippen LogP contribution in [0.4, 0.5) is 5.95 Å². The summed E-state index contributed by atoms with van der Waals surface area (Å²) in [7, 11) is 0. The van der Waals surface area contributed by atoms with E-state index in [9.17, 15) is 9.90 Å². The number of amides is 1. The lowest BCUT2D eigenvalue weighted by atomic mass is 9.93. The summed E-state index contributed by atoms with van der Waals surface area (Å²) in [6, 6.07) is 5.58. The molecule has 0 spiro atoms. The summed E-state index contributed by atoms with van der Waals surface area (Å²) in [4.78, 5) is 26.5. The maximum absolute atomic E-state index is 12.1. The summed E-state index contributed by atoms with van der Waals surface area (Å²) >= 11 is 0. The van der Waals surface area contributed by atoms with E-state index in [0.29, 0.717) is 31.8 Å². The first kappa shape index (κ1) is 17.3. The molecule has 1 aliphatic heterocycles. The van der Waals surface area contributed by atoms with Crippen molar-refractivity contribution in [2.75, 3.05) is 24.5 Å². The minimum absolute atomic E-state index is 0.0645. The molecule has 1 fully saturated rings. The molecule has 1 saturated heterocycles. The molecule has 1 amide bonds. The summed E-state index contributed by atoms with van der Waals surface area (Å²) in [5.41, 5.74) is 0.0722. The lowest BCUT2D eigenvalue weighted by Crippen LogP contribution is -2.54. The van der Waals surface area contributed by atoms with Crippen molar-refractivity contribution in [2.45, 2.75) is 31.3 Å². The van der Waals surface area contributed by atoms with Crippen molar-refractivity contribution in [1.29, 1.82) is 0 Å². The standard InChI is InChI=1S/C18H23N5O2/c24-16(6-5-15-4-1-8-19-12-15)22-13-18(25)7-2-11-23(14-18)17-20-9-3-10-21-17/h1,3-4,8-10,12,25H,2,5-7,11,13-14H2,(H,22,24). The van der Waals surface area contributed by atoms with Crippen LogP contribution in [0.3, 0.4) is 0 Å². The van der Waals surface area contributed by atoms with Gasteiger partial charge in [-0.2, -0.15) is 0 Å². The van der Waals surface area contributed by atoms with Crippen LogP contribution in [-0.4, -0.2) is 51.2 Å². The normalized spacial score (nSPS) is 20.3. The van der Waals surface area contributed by atoms with E-state index in [1.54, 1.807) is 30.9 Å². The number of aromatic nitrogens is 3. The Morgan fingerprint density at radius 2 is 2.12 bits per heavy atom. The fourth-order valence-corrected chi connectivity index (χ4v) is 3.04. The molecule has 3 rings (SSSR count). The van der Waals surface area contributed by atoms with Crippen LogP contribution in [0.2, 0.25) is 0 Å². The van der Waals surface area contributed by atoms with Gasteiger partial charge in [0.2, 0.25) is 11.9 Å². The van der Waals surface area contributed by atoms with E-state index < -0.39 is 5.60 Å². The van der Waals surface area contributed by atoms with E-state index in [4.69, 9.17) is 0 Å². The number of anilines is 1. The molecular formula is C18H23N5O2. The number of rotatable bonds is 6. The van der Waals surface area contributed by atoms with E-state index >= 15 is 0 Å². The number of aryl methyl sites for hydroxylation is 1. The van der Waals surface area contributed by atoms with Crippen LogP contribution in [0, 0.1) is 0 Å². The molecule has 2 aromatic heterocycles. The molecule has 1 unspecified atom stereocenters. The molecule has 0 bridgehead atoms. The van der Waals surface area contributed by atoms with Gasteiger partial charge in [-0.1, -0.05) is 6.07 Å². The van der Waals surface area contributed by atoms with Gasteiger partial charge in [0, 0.05) is 44.3 Å². The highest BCUT2D eigenvalue weighted by Crippen LogP contribution is 2.23. The fraction of sp³-hybridized carbons (Fsp3) is 0.444. The number of pyridine rings is 1. The van der Waals surface area contributed by atoms with Crippen molar-refractivity contribution in [3.8, 4) is 0 Å². The first-order valence-corrected chi connectivity index (χ1v) is 8.55. The highest BCUT2D eigenvalue weighted by atomic mass is 16.3. The Kier molecular flexibility index (Phi) is 5.55. The Bertz CT molecular complexity index is 682. The fourth-order valence-electron chi connectivity index (χ4n) is 3.04. The van der Waals surface area contributed by atoms with Crippen LogP contribution in [0.25, 0.3) is 0 Å². The Morgan fingerprint density at radius 3 is 2.88 bits per heavy atom. The van der Waals surface area contributed by atoms with Crippen LogP contribution in [-0.2, 0) is 11.2 Å². The molecule has 2 aromatic rings. The molecule has 1 aliphatic rings. The number of nitrogens with zero attached hydrogens (tertiary/aromatic N) is 4. The molecule has 0 aliphatic carbocycles. The molecule has 0 saturated carbocycles. The highest BCUT2D eigenvalue weighted by Gasteiger charge is 2.34. The highest BCUT2D eigenvalue weighted by molar-refractivity contribution is 5.76. The molecule has 1 atom stereocenters. The quantitative estimate of drug-likeness (QED) is 0.813. The number of hydrogen-bond acceptors (Lipinski definition) is 6. The lowest BCUT2D eigenvalue weighted by molar-refractivity contribution is -0.122. The summed E-state index contributed by atoms with van der Waals surface area (Å²) in [6.45, 7) is 1.46. The van der Waals surface area contributed by atoms with Crippen LogP contribution >= 0.6 is 0 Å². The molecule has 25 heavy (non-hydrogen) atoms. The summed E-state index contributed by atoms with van der Waals surface area (Å²) in [6.07, 6.45) is 9.37. The molecule has 2 N–H and O–H groups in total. The number of carbonyl (C=O) groups excluding carboxylic acids is 1. The molecule has 0 aromatic carbocycles. The van der Waals surface area contributed by atoms with Gasteiger partial charge in [-0.25, -0.2) is 9.97 Å². The third kappa shape index (κ3) is 4.96. The van der Waals surface area contributed by atoms with Crippen molar-refractivity contribution < 1.29 is 9.90 Å². The number of nitrogens with one attached hydrogen (secondary N) is 1. The van der Waals surface area contributed by atoms with Crippen LogP contribution in [0.5, 0.6) is 0 Å². The SMILES string of the molecule is O=C(CCc1cccnc1)NCC1(O)CCCN(c2ncccn2)C1. The predicted molar refractivity (Wildman–Crippen MR) is 94.0 cm³/mol. The van der Waals surface area contributed by atoms with E-state index in [-0.39, 0.29) is 12.5 Å². The maximum atomic E-state index is 12.1. The van der Waals surface area contributed by atoms with Gasteiger partial charge in [0.1, 0.15) is 0 Å². The number of aliphatic hydroxyl groups is 1. The molecule has 7 nitrogen and oxygen atoms in total. The average molecular weight is 341 g/mol. The van der Waals surface area contributed by atoms with Gasteiger partial charge in [-0.3, -0.25) is 9.78 Å². The zero-order valence-corrected chi connectivity index (χ0v) is 14.1. The average Bonchev–Trinajstić information content (AvgIpc) is 2.66. The molecule has 7 heteroatoms. The van der Waals surface area contributed by atoms with Gasteiger partial charge in [0.15, 0.2) is 0 Å². The van der Waals surface area contributed by atoms with E-state index in [2.05, 4.69) is 20.3 Å². The smallest absolute Gasteiger partial charge is 0.225 e. The second-order valence-corrected chi connectivity index (χ2v) is 6.44. The summed E-state index contributed by atoms with van der Waals surface area (Å²) < 4.78 is 0. The van der Waals surface area contributed by atoms with Crippen molar-refractivity contribution in [3.63, 3.8) is 0 Å². The number of carbonyl (C=O) groups is 1. The largest absolute Gasteiger partial charge is 0.386 e. The van der Waals surface area contributed by atoms with E-state index in [0.717, 1.165) is 18.5 Å². The summed E-state index contributed by atoms with van der Waals surface area (Å²) in [5, 5.41) is 13.7. The first-order chi connectivity index (χ1) is 12.1. The van der Waals surface area contributed by atoms with Crippen molar-refractivity contribution in [2.24, 2.45) is 0 Å². The van der Waals surface area contributed by atoms with Crippen molar-refractivity contribution in [1.82, 2.24) is 20.3 Å². The third-order valence-corrected chi connectivity index (χ3v) is 4.37. The van der Waals surface area contributed by atoms with E-state index in [1.165, 1.54) is 0 Å². The number of β-amino-alcohol motifs (C(OH)–C–C–N with tert-alkyl or cyclic N) is 1. The zero-order chi connectivity index (χ0) is 17.5. The van der Waals surface area contributed by atoms with Crippen molar-refractivity contribution >= 4 is 11.9 Å². The minimum atomic E-state index is -0.957. The maximum Gasteiger partial charge on any atom is 0.225 e. The zero-order valence-electron chi connectivity index (χ0n) is 14.1. The van der Waals surface area contributed by atoms with Crippen LogP contribution < -0.4 is 10.2 Å². The Labute approximate surface area is 147 Å². The topological polar surface area (TPSA) is 91.2 Å². The van der Waals surface area contributed by atoms with E-state index in [1.807, 2.05) is 17.0 Å². The second kappa shape index (κ2) is 8.02. The van der Waals surface area contributed by atoms with Gasteiger partial charge in [-0.15, -0.1) is 0 Å². The van der Waals surface area contributed by atoms with Gasteiger partial charge in [-0.05, 0) is 37.0 Å². The van der Waals surface area contributed by atoms with Crippen molar-refractivity contribution in [3.05, 3.63) is 48.5 Å². The monoisotopic (exact) mass is 341 g/mol. The third-order valence-electron chi connectivity index (χ3n) is 4.37. The summed E-state index contributed by atoms with van der Waals surface area (Å²) in [5.74, 6) is 0.550. The molecule has 132 valence electrons. The van der Waals surface area contributed by atoms with Gasteiger partial charge in [0.25, 0.3) is 0 Å². The lowest BCUT2D eigenvalue weighted by Gasteiger charge is -2.39. The molecular weight excluding hydrogens is 318 g/mol. The number of piperidine rings is 1. The predicted octanol–water partition coefficient (Wildman–Crippen LogP) is 0.952. The van der Waals surface area contributed by atoms with Gasteiger partial charge in [0.05, 0.1) is 12.1 Å². The van der Waals surface area contributed by atoms with Gasteiger partial charge < -0.3 is 15.3 Å².